The fourth-order valence-corrected chi connectivity index (χ4v) is 9.01. The van der Waals surface area contributed by atoms with Crippen molar-refractivity contribution in [1.29, 1.82) is 0 Å². The van der Waals surface area contributed by atoms with E-state index in [-0.39, 0.29) is 59.3 Å². The number of fused-ring (bicyclic) bond motifs is 2. The van der Waals surface area contributed by atoms with Gasteiger partial charge in [-0.05, 0) is 55.7 Å². The normalized spacial score (nSPS) is 26.1. The van der Waals surface area contributed by atoms with E-state index in [1.54, 1.807) is 0 Å². The number of nitrogens with zero attached hydrogens (tertiary/aromatic N) is 1. The zero-order valence-electron chi connectivity index (χ0n) is 23.8. The first-order valence-electron chi connectivity index (χ1n) is 14.0. The number of halogens is 4. The molecule has 3 atom stereocenters. The predicted octanol–water partition coefficient (Wildman–Crippen LogP) is 3.23. The third kappa shape index (κ3) is 6.12. The highest BCUT2D eigenvalue weighted by molar-refractivity contribution is 7.92. The van der Waals surface area contributed by atoms with E-state index in [4.69, 9.17) is 11.6 Å². The molecule has 2 aromatic rings. The average Bonchev–Trinajstić information content (AvgIpc) is 3.42. The first-order chi connectivity index (χ1) is 21.1. The van der Waals surface area contributed by atoms with Crippen LogP contribution in [0, 0.1) is 29.3 Å². The summed E-state index contributed by atoms with van der Waals surface area (Å²) in [6, 6.07) is 3.53. The van der Waals surface area contributed by atoms with Crippen molar-refractivity contribution in [3.63, 3.8) is 0 Å². The first-order valence-corrected chi connectivity index (χ1v) is 15.9. The average molecular weight is 672 g/mol. The van der Waals surface area contributed by atoms with Crippen LogP contribution in [0.5, 0.6) is 0 Å². The molecule has 1 heterocycles. The number of nitrogens with one attached hydrogen (secondary N) is 2. The summed E-state index contributed by atoms with van der Waals surface area (Å²) in [6.07, 6.45) is 0.0107. The van der Waals surface area contributed by atoms with E-state index in [2.05, 4.69) is 15.4 Å². The molecule has 3 fully saturated rings. The van der Waals surface area contributed by atoms with E-state index in [9.17, 15) is 45.9 Å². The Hall–Kier alpha value is -3.69. The second kappa shape index (κ2) is 12.2. The van der Waals surface area contributed by atoms with Crippen molar-refractivity contribution < 1.29 is 50.6 Å². The van der Waals surface area contributed by atoms with Crippen LogP contribution in [0.15, 0.2) is 35.2 Å². The Morgan fingerprint density at radius 3 is 2.31 bits per heavy atom. The number of ketones is 1. The third-order valence-corrected chi connectivity index (χ3v) is 11.6. The van der Waals surface area contributed by atoms with Gasteiger partial charge in [0.25, 0.3) is 5.91 Å². The number of methoxy groups -OCH3 is 1. The number of Topliss-reactive ketones (excluding diaryl/α,β-unsaturated/α-hetero) is 1. The van der Waals surface area contributed by atoms with E-state index < -0.39 is 73.9 Å². The number of ether oxygens (including phenoxy) is 1. The lowest BCUT2D eigenvalue weighted by atomic mass is 9.74. The Kier molecular flexibility index (Phi) is 8.90. The summed E-state index contributed by atoms with van der Waals surface area (Å²) in [7, 11) is -3.03. The summed E-state index contributed by atoms with van der Waals surface area (Å²) >= 11 is 6.26. The van der Waals surface area contributed by atoms with Gasteiger partial charge in [0, 0.05) is 36.3 Å². The van der Waals surface area contributed by atoms with Gasteiger partial charge in [0.2, 0.25) is 5.91 Å². The van der Waals surface area contributed by atoms with Gasteiger partial charge < -0.3 is 20.5 Å². The van der Waals surface area contributed by atoms with Crippen LogP contribution in [0.25, 0.3) is 0 Å². The van der Waals surface area contributed by atoms with Crippen molar-refractivity contribution >= 4 is 50.8 Å². The van der Waals surface area contributed by atoms with Crippen molar-refractivity contribution in [2.45, 2.75) is 53.9 Å². The Labute approximate surface area is 261 Å². The minimum atomic E-state index is -4.16. The van der Waals surface area contributed by atoms with Crippen LogP contribution in [0.2, 0.25) is 5.02 Å². The highest BCUT2D eigenvalue weighted by Crippen LogP contribution is 2.52. The Morgan fingerprint density at radius 2 is 1.71 bits per heavy atom. The van der Waals surface area contributed by atoms with E-state index >= 15 is 0 Å². The lowest BCUT2D eigenvalue weighted by Gasteiger charge is -2.42. The monoisotopic (exact) mass is 671 g/mol. The second-order valence-electron chi connectivity index (χ2n) is 11.5. The molecule has 2 aliphatic carbocycles. The van der Waals surface area contributed by atoms with Gasteiger partial charge in [0.05, 0.1) is 34.4 Å². The van der Waals surface area contributed by atoms with Crippen molar-refractivity contribution in [2.24, 2.45) is 11.8 Å². The zero-order valence-corrected chi connectivity index (χ0v) is 25.4. The molecular weight excluding hydrogens is 643 g/mol. The standard InChI is InChI=1S/C29H29ClF3N3O8S/c1-44-28(40)36-12-18(37)11-23(36)27(39)34-13-29(41)15-3-4-16(29)8-19(7-15)45(42,43)24-6-14(2-5-20(24)30)26(38)35-17-9-21(31)25(33)22(32)10-17/h2,5-6,9-10,15-16,19,23,41H,3-4,7-8,11-13H2,1H3,(H,34,39)(H,35,38)/t15?,16?,19-,23-,29-/m0/s1. The zero-order chi connectivity index (χ0) is 32.8. The van der Waals surface area contributed by atoms with Gasteiger partial charge in [-0.25, -0.2) is 26.4 Å². The topological polar surface area (TPSA) is 159 Å². The lowest BCUT2D eigenvalue weighted by Crippen LogP contribution is -2.56. The van der Waals surface area contributed by atoms with Crippen molar-refractivity contribution in [3.8, 4) is 0 Å². The molecule has 0 aromatic heterocycles. The fourth-order valence-electron chi connectivity index (χ4n) is 6.61. The molecule has 2 saturated carbocycles. The molecule has 2 unspecified atom stereocenters. The number of sulfone groups is 1. The number of carbonyl (C=O) groups is 4. The fraction of sp³-hybridized carbons (Fsp3) is 0.448. The lowest BCUT2D eigenvalue weighted by molar-refractivity contribution is -0.128. The summed E-state index contributed by atoms with van der Waals surface area (Å²) in [5.74, 6) is -7.67. The maximum absolute atomic E-state index is 13.8. The van der Waals surface area contributed by atoms with Crippen LogP contribution < -0.4 is 10.6 Å². The molecule has 16 heteroatoms. The van der Waals surface area contributed by atoms with Gasteiger partial charge >= 0.3 is 6.09 Å². The van der Waals surface area contributed by atoms with Crippen LogP contribution in [0.1, 0.15) is 42.5 Å². The van der Waals surface area contributed by atoms with Crippen LogP contribution in [0.4, 0.5) is 23.7 Å². The van der Waals surface area contributed by atoms with Crippen LogP contribution in [0.3, 0.4) is 0 Å². The SMILES string of the molecule is COC(=O)N1CC(=O)C[C@H]1C(=O)NC[C@]1(O)C2CCC1C[C@@H](S(=O)(=O)c1cc(C(=O)Nc3cc(F)c(F)c(F)c3)ccc1Cl)C2. The van der Waals surface area contributed by atoms with Gasteiger partial charge in [0.15, 0.2) is 33.1 Å². The first kappa shape index (κ1) is 32.7. The highest BCUT2D eigenvalue weighted by atomic mass is 35.5. The van der Waals surface area contributed by atoms with Gasteiger partial charge in [-0.15, -0.1) is 0 Å². The number of hydrogen-bond donors (Lipinski definition) is 3. The molecule has 5 rings (SSSR count). The minimum absolute atomic E-state index is 0.0300. The van der Waals surface area contributed by atoms with E-state index in [1.807, 2.05) is 0 Å². The minimum Gasteiger partial charge on any atom is -0.453 e. The number of amides is 3. The third-order valence-electron chi connectivity index (χ3n) is 8.95. The Balaban J connectivity index is 1.29. The molecule has 0 spiro atoms. The summed E-state index contributed by atoms with van der Waals surface area (Å²) in [5.41, 5.74) is -2.01. The molecule has 11 nitrogen and oxygen atoms in total. The molecule has 0 radical (unpaired) electrons. The number of hydrogen-bond acceptors (Lipinski definition) is 8. The maximum atomic E-state index is 13.8. The number of aliphatic hydroxyl groups is 1. The summed E-state index contributed by atoms with van der Waals surface area (Å²) in [5, 5.41) is 15.3. The molecule has 2 aromatic carbocycles. The van der Waals surface area contributed by atoms with E-state index in [1.165, 1.54) is 12.1 Å². The maximum Gasteiger partial charge on any atom is 0.410 e. The largest absolute Gasteiger partial charge is 0.453 e. The van der Waals surface area contributed by atoms with Crippen LogP contribution >= 0.6 is 11.6 Å². The summed E-state index contributed by atoms with van der Waals surface area (Å²) in [4.78, 5) is 50.3. The molecule has 1 aliphatic heterocycles. The van der Waals surface area contributed by atoms with Crippen molar-refractivity contribution in [1.82, 2.24) is 10.2 Å². The number of rotatable bonds is 7. The highest BCUT2D eigenvalue weighted by Gasteiger charge is 2.56. The quantitative estimate of drug-likeness (QED) is 0.379. The van der Waals surface area contributed by atoms with Gasteiger partial charge in [-0.3, -0.25) is 19.3 Å². The molecular formula is C29H29ClF3N3O8S. The molecule has 242 valence electrons. The molecule has 3 N–H and O–H groups in total. The van der Waals surface area contributed by atoms with Crippen LogP contribution in [-0.4, -0.2) is 79.2 Å². The van der Waals surface area contributed by atoms with E-state index in [0.29, 0.717) is 25.0 Å². The number of benzene rings is 2. The Morgan fingerprint density at radius 1 is 1.09 bits per heavy atom. The van der Waals surface area contributed by atoms with Crippen molar-refractivity contribution in [3.05, 3.63) is 58.4 Å². The second-order valence-corrected chi connectivity index (χ2v) is 14.1. The molecule has 3 aliphatic rings. The van der Waals surface area contributed by atoms with Crippen molar-refractivity contribution in [2.75, 3.05) is 25.5 Å². The summed E-state index contributed by atoms with van der Waals surface area (Å²) in [6.45, 7) is -0.483. The Bertz CT molecular complexity index is 1650. The van der Waals surface area contributed by atoms with Crippen LogP contribution in [-0.2, 0) is 24.2 Å². The summed E-state index contributed by atoms with van der Waals surface area (Å²) < 4.78 is 72.7. The van der Waals surface area contributed by atoms with Gasteiger partial charge in [-0.1, -0.05) is 11.6 Å². The van der Waals surface area contributed by atoms with E-state index in [0.717, 1.165) is 18.1 Å². The molecule has 3 amide bonds. The van der Waals surface area contributed by atoms with Gasteiger partial charge in [0.1, 0.15) is 6.04 Å². The predicted molar refractivity (Wildman–Crippen MR) is 153 cm³/mol. The molecule has 1 saturated heterocycles. The van der Waals surface area contributed by atoms with Gasteiger partial charge in [-0.2, -0.15) is 0 Å². The number of carbonyl (C=O) groups excluding carboxylic acids is 4. The molecule has 2 bridgehead atoms. The number of likely N-dealkylation sites (tertiary alicyclic amines) is 1. The molecule has 45 heavy (non-hydrogen) atoms. The smallest absolute Gasteiger partial charge is 0.410 e. The number of anilines is 1.